The van der Waals surface area contributed by atoms with Gasteiger partial charge in [0.25, 0.3) is 0 Å². The van der Waals surface area contributed by atoms with Gasteiger partial charge in [0.2, 0.25) is 5.92 Å². The summed E-state index contributed by atoms with van der Waals surface area (Å²) in [5.41, 5.74) is 0.572. The maximum atomic E-state index is 12.5. The lowest BCUT2D eigenvalue weighted by Gasteiger charge is -2.34. The standard InChI is InChI=1S/C12H12F2O2/c13-12(14)5-10(6-12)8-16-11-3-1-9(7-15)2-4-11/h1-4,7,10H,5-6,8H2. The number of rotatable bonds is 4. The van der Waals surface area contributed by atoms with Gasteiger partial charge in [0, 0.05) is 24.3 Å². The highest BCUT2D eigenvalue weighted by Crippen LogP contribution is 2.42. The van der Waals surface area contributed by atoms with E-state index in [9.17, 15) is 13.6 Å². The molecule has 2 nitrogen and oxygen atoms in total. The number of ether oxygens (including phenoxy) is 1. The number of alkyl halides is 2. The van der Waals surface area contributed by atoms with Crippen molar-refractivity contribution in [3.05, 3.63) is 29.8 Å². The Morgan fingerprint density at radius 2 is 1.94 bits per heavy atom. The number of carbonyl (C=O) groups excluding carboxylic acids is 1. The van der Waals surface area contributed by atoms with Gasteiger partial charge in [-0.15, -0.1) is 0 Å². The Bertz CT molecular complexity index is 365. The lowest BCUT2D eigenvalue weighted by Crippen LogP contribution is -2.38. The molecule has 0 N–H and O–H groups in total. The van der Waals surface area contributed by atoms with Crippen LogP contribution in [0.5, 0.6) is 5.75 Å². The minimum atomic E-state index is -2.49. The summed E-state index contributed by atoms with van der Waals surface area (Å²) in [5, 5.41) is 0. The molecule has 0 unspecified atom stereocenters. The summed E-state index contributed by atoms with van der Waals surface area (Å²) in [6, 6.07) is 6.61. The number of halogens is 2. The van der Waals surface area contributed by atoms with E-state index in [1.807, 2.05) is 0 Å². The van der Waals surface area contributed by atoms with E-state index in [2.05, 4.69) is 0 Å². The second-order valence-electron chi connectivity index (χ2n) is 4.13. The van der Waals surface area contributed by atoms with Crippen LogP contribution in [0.15, 0.2) is 24.3 Å². The average molecular weight is 226 g/mol. The molecule has 1 aromatic rings. The highest BCUT2D eigenvalue weighted by molar-refractivity contribution is 5.74. The lowest BCUT2D eigenvalue weighted by atomic mass is 9.82. The van der Waals surface area contributed by atoms with Crippen molar-refractivity contribution < 1.29 is 18.3 Å². The fourth-order valence-corrected chi connectivity index (χ4v) is 1.76. The Balaban J connectivity index is 1.79. The zero-order valence-corrected chi connectivity index (χ0v) is 8.66. The maximum Gasteiger partial charge on any atom is 0.248 e. The molecule has 86 valence electrons. The first-order valence-corrected chi connectivity index (χ1v) is 5.15. The Morgan fingerprint density at radius 1 is 1.31 bits per heavy atom. The molecule has 1 aliphatic carbocycles. The van der Waals surface area contributed by atoms with E-state index in [-0.39, 0.29) is 18.8 Å². The van der Waals surface area contributed by atoms with Gasteiger partial charge in [-0.2, -0.15) is 0 Å². The SMILES string of the molecule is O=Cc1ccc(OCC2CC(F)(F)C2)cc1. The molecule has 1 saturated carbocycles. The number of benzene rings is 1. The van der Waals surface area contributed by atoms with Gasteiger partial charge in [-0.1, -0.05) is 0 Å². The fraction of sp³-hybridized carbons (Fsp3) is 0.417. The molecule has 1 aliphatic rings. The molecule has 0 radical (unpaired) electrons. The second kappa shape index (κ2) is 4.20. The molecule has 0 spiro atoms. The van der Waals surface area contributed by atoms with Crippen LogP contribution in [0, 0.1) is 5.92 Å². The summed E-state index contributed by atoms with van der Waals surface area (Å²) in [6.45, 7) is 0.316. The van der Waals surface area contributed by atoms with Gasteiger partial charge in [-0.05, 0) is 24.3 Å². The van der Waals surface area contributed by atoms with Gasteiger partial charge in [0.1, 0.15) is 12.0 Å². The van der Waals surface area contributed by atoms with Gasteiger partial charge in [-0.3, -0.25) is 4.79 Å². The maximum absolute atomic E-state index is 12.5. The first-order chi connectivity index (χ1) is 7.59. The number of hydrogen-bond donors (Lipinski definition) is 0. The van der Waals surface area contributed by atoms with Crippen LogP contribution in [0.3, 0.4) is 0 Å². The monoisotopic (exact) mass is 226 g/mol. The van der Waals surface area contributed by atoms with E-state index in [1.165, 1.54) is 0 Å². The first-order valence-electron chi connectivity index (χ1n) is 5.15. The third-order valence-electron chi connectivity index (χ3n) is 2.68. The molecule has 1 fully saturated rings. The topological polar surface area (TPSA) is 26.3 Å². The molecule has 0 saturated heterocycles. The molecular weight excluding hydrogens is 214 g/mol. The van der Waals surface area contributed by atoms with Crippen LogP contribution in [0.4, 0.5) is 8.78 Å². The molecule has 0 aromatic heterocycles. The summed E-state index contributed by atoms with van der Waals surface area (Å²) in [7, 11) is 0. The van der Waals surface area contributed by atoms with Gasteiger partial charge in [0.05, 0.1) is 6.61 Å². The number of aldehydes is 1. The summed E-state index contributed by atoms with van der Waals surface area (Å²) in [5.74, 6) is -1.93. The molecule has 0 atom stereocenters. The minimum Gasteiger partial charge on any atom is -0.493 e. The zero-order valence-electron chi connectivity index (χ0n) is 8.66. The number of hydrogen-bond acceptors (Lipinski definition) is 2. The summed E-state index contributed by atoms with van der Waals surface area (Å²) in [4.78, 5) is 10.4. The van der Waals surface area contributed by atoms with Crippen molar-refractivity contribution in [3.63, 3.8) is 0 Å². The van der Waals surface area contributed by atoms with E-state index >= 15 is 0 Å². The predicted molar refractivity (Wildman–Crippen MR) is 55.0 cm³/mol. The third kappa shape index (κ3) is 2.56. The molecule has 4 heteroatoms. The van der Waals surface area contributed by atoms with Crippen LogP contribution in [-0.4, -0.2) is 18.8 Å². The lowest BCUT2D eigenvalue weighted by molar-refractivity contribution is -0.119. The Labute approximate surface area is 92.2 Å². The Morgan fingerprint density at radius 3 is 2.44 bits per heavy atom. The van der Waals surface area contributed by atoms with Gasteiger partial charge < -0.3 is 4.74 Å². The zero-order chi connectivity index (χ0) is 11.6. The van der Waals surface area contributed by atoms with E-state index in [0.717, 1.165) is 6.29 Å². The van der Waals surface area contributed by atoms with Gasteiger partial charge >= 0.3 is 0 Å². The highest BCUT2D eigenvalue weighted by atomic mass is 19.3. The van der Waals surface area contributed by atoms with Crippen molar-refractivity contribution in [1.29, 1.82) is 0 Å². The molecule has 0 heterocycles. The molecule has 2 rings (SSSR count). The second-order valence-corrected chi connectivity index (χ2v) is 4.13. The molecule has 16 heavy (non-hydrogen) atoms. The van der Waals surface area contributed by atoms with Crippen LogP contribution >= 0.6 is 0 Å². The average Bonchev–Trinajstić information content (AvgIpc) is 2.24. The molecule has 0 bridgehead atoms. The fourth-order valence-electron chi connectivity index (χ4n) is 1.76. The minimum absolute atomic E-state index is 0.0549. The molecular formula is C12H12F2O2. The van der Waals surface area contributed by atoms with Crippen molar-refractivity contribution in [3.8, 4) is 5.75 Å². The van der Waals surface area contributed by atoms with Crippen LogP contribution in [-0.2, 0) is 0 Å². The van der Waals surface area contributed by atoms with Crippen LogP contribution in [0.25, 0.3) is 0 Å². The van der Waals surface area contributed by atoms with Crippen molar-refractivity contribution in [2.75, 3.05) is 6.61 Å². The van der Waals surface area contributed by atoms with Gasteiger partial charge in [-0.25, -0.2) is 8.78 Å². The van der Waals surface area contributed by atoms with Crippen molar-refractivity contribution >= 4 is 6.29 Å². The van der Waals surface area contributed by atoms with Crippen molar-refractivity contribution in [1.82, 2.24) is 0 Å². The third-order valence-corrected chi connectivity index (χ3v) is 2.68. The van der Waals surface area contributed by atoms with Gasteiger partial charge in [0.15, 0.2) is 0 Å². The van der Waals surface area contributed by atoms with Crippen molar-refractivity contribution in [2.24, 2.45) is 5.92 Å². The molecule has 1 aromatic carbocycles. The van der Waals surface area contributed by atoms with E-state index in [0.29, 0.717) is 17.9 Å². The summed E-state index contributed by atoms with van der Waals surface area (Å²) >= 11 is 0. The van der Waals surface area contributed by atoms with Crippen LogP contribution in [0.1, 0.15) is 23.2 Å². The Kier molecular flexibility index (Phi) is 2.90. The van der Waals surface area contributed by atoms with E-state index in [1.54, 1.807) is 24.3 Å². The van der Waals surface area contributed by atoms with E-state index in [4.69, 9.17) is 4.74 Å². The van der Waals surface area contributed by atoms with Crippen LogP contribution < -0.4 is 4.74 Å². The van der Waals surface area contributed by atoms with Crippen LogP contribution in [0.2, 0.25) is 0 Å². The molecule has 0 amide bonds. The Hall–Kier alpha value is -1.45. The smallest absolute Gasteiger partial charge is 0.248 e. The van der Waals surface area contributed by atoms with Crippen molar-refractivity contribution in [2.45, 2.75) is 18.8 Å². The first kappa shape index (κ1) is 11.0. The highest BCUT2D eigenvalue weighted by Gasteiger charge is 2.45. The summed E-state index contributed by atoms with van der Waals surface area (Å²) in [6.07, 6.45) is 0.578. The molecule has 0 aliphatic heterocycles. The normalized spacial score (nSPS) is 18.9. The summed E-state index contributed by atoms with van der Waals surface area (Å²) < 4.78 is 30.4. The largest absolute Gasteiger partial charge is 0.493 e. The number of carbonyl (C=O) groups is 1. The predicted octanol–water partition coefficient (Wildman–Crippen LogP) is 2.92. The quantitative estimate of drug-likeness (QED) is 0.738. The van der Waals surface area contributed by atoms with E-state index < -0.39 is 5.92 Å².